The number of benzene rings is 2. The predicted octanol–water partition coefficient (Wildman–Crippen LogP) is 6.84. The van der Waals surface area contributed by atoms with Gasteiger partial charge in [0.2, 0.25) is 17.4 Å². The molecule has 37 heavy (non-hydrogen) atoms. The van der Waals surface area contributed by atoms with Crippen molar-refractivity contribution in [2.45, 2.75) is 97.1 Å². The van der Waals surface area contributed by atoms with Crippen molar-refractivity contribution in [1.82, 2.24) is 0 Å². The number of fused-ring (bicyclic) bond motifs is 1. The van der Waals surface area contributed by atoms with Crippen molar-refractivity contribution in [3.63, 3.8) is 0 Å². The van der Waals surface area contributed by atoms with Gasteiger partial charge in [0.25, 0.3) is 0 Å². The second-order valence-electron chi connectivity index (χ2n) is 11.8. The molecule has 1 aliphatic rings. The summed E-state index contributed by atoms with van der Waals surface area (Å²) in [4.78, 5) is 0. The summed E-state index contributed by atoms with van der Waals surface area (Å²) < 4.78 is 41.6. The molecule has 7 heteroatoms. The average molecular weight is 517 g/mol. The zero-order chi connectivity index (χ0) is 27.9. The van der Waals surface area contributed by atoms with Crippen molar-refractivity contribution < 1.29 is 33.2 Å². The van der Waals surface area contributed by atoms with Crippen molar-refractivity contribution >= 4 is 0 Å². The highest BCUT2D eigenvalue weighted by atomic mass is 16.7. The van der Waals surface area contributed by atoms with Crippen LogP contribution in [0.5, 0.6) is 23.0 Å². The molecule has 0 N–H and O–H groups in total. The van der Waals surface area contributed by atoms with E-state index in [0.717, 1.165) is 23.3 Å². The lowest BCUT2D eigenvalue weighted by Gasteiger charge is -2.45. The van der Waals surface area contributed by atoms with Gasteiger partial charge >= 0.3 is 0 Å². The fourth-order valence-electron chi connectivity index (χ4n) is 4.69. The van der Waals surface area contributed by atoms with Gasteiger partial charge in [-0.15, -0.1) is 0 Å². The molecule has 1 unspecified atom stereocenters. The Balaban J connectivity index is 2.16. The summed E-state index contributed by atoms with van der Waals surface area (Å²) in [5, 5.41) is 0. The van der Waals surface area contributed by atoms with E-state index in [9.17, 15) is 0 Å². The van der Waals surface area contributed by atoms with Crippen molar-refractivity contribution in [2.24, 2.45) is 0 Å². The minimum atomic E-state index is -0.854. The summed E-state index contributed by atoms with van der Waals surface area (Å²) in [5.41, 5.74) is 1.16. The lowest BCUT2D eigenvalue weighted by Crippen LogP contribution is -2.44. The van der Waals surface area contributed by atoms with E-state index in [2.05, 4.69) is 32.9 Å². The predicted molar refractivity (Wildman–Crippen MR) is 144 cm³/mol. The van der Waals surface area contributed by atoms with Gasteiger partial charge in [-0.2, -0.15) is 0 Å². The van der Waals surface area contributed by atoms with E-state index in [4.69, 9.17) is 33.2 Å². The Morgan fingerprint density at radius 2 is 1.11 bits per heavy atom. The molecule has 0 fully saturated rings. The van der Waals surface area contributed by atoms with Crippen LogP contribution in [0, 0.1) is 0 Å². The molecule has 3 rings (SSSR count). The Labute approximate surface area is 222 Å². The van der Waals surface area contributed by atoms with E-state index < -0.39 is 28.4 Å². The molecule has 0 spiro atoms. The molecule has 0 saturated heterocycles. The molecule has 0 amide bonds. The topological polar surface area (TPSA) is 64.6 Å². The van der Waals surface area contributed by atoms with E-state index in [1.807, 2.05) is 65.8 Å². The van der Waals surface area contributed by atoms with Crippen LogP contribution in [-0.2, 0) is 19.6 Å². The van der Waals surface area contributed by atoms with Crippen LogP contribution in [0.3, 0.4) is 0 Å². The average Bonchev–Trinajstić information content (AvgIpc) is 2.77. The number of ether oxygens (including phenoxy) is 7. The quantitative estimate of drug-likeness (QED) is 0.320. The number of hydrogen-bond acceptors (Lipinski definition) is 7. The Hall–Kier alpha value is -2.48. The molecular formula is C30H44O7. The van der Waals surface area contributed by atoms with Gasteiger partial charge in [0.05, 0.1) is 0 Å². The third-order valence-corrected chi connectivity index (χ3v) is 6.82. The fraction of sp³-hybridized carbons (Fsp3) is 0.600. The highest BCUT2D eigenvalue weighted by molar-refractivity contribution is 5.56. The molecule has 0 aliphatic carbocycles. The zero-order valence-electron chi connectivity index (χ0n) is 24.5. The van der Waals surface area contributed by atoms with Crippen LogP contribution in [0.25, 0.3) is 0 Å². The van der Waals surface area contributed by atoms with Crippen molar-refractivity contribution in [1.29, 1.82) is 0 Å². The molecule has 0 aromatic heterocycles. The first-order valence-electron chi connectivity index (χ1n) is 12.7. The lowest BCUT2D eigenvalue weighted by atomic mass is 9.67. The molecule has 0 saturated carbocycles. The van der Waals surface area contributed by atoms with Crippen molar-refractivity contribution in [3.8, 4) is 23.0 Å². The zero-order valence-corrected chi connectivity index (χ0v) is 24.5. The van der Waals surface area contributed by atoms with E-state index in [1.165, 1.54) is 0 Å². The van der Waals surface area contributed by atoms with Crippen LogP contribution in [0.1, 0.15) is 79.9 Å². The first-order chi connectivity index (χ1) is 16.9. The van der Waals surface area contributed by atoms with Gasteiger partial charge in [-0.1, -0.05) is 19.1 Å². The monoisotopic (exact) mass is 516 g/mol. The van der Waals surface area contributed by atoms with Crippen LogP contribution in [0.2, 0.25) is 0 Å². The first-order valence-corrected chi connectivity index (χ1v) is 12.7. The maximum Gasteiger partial charge on any atom is 0.204 e. The molecule has 1 heterocycles. The van der Waals surface area contributed by atoms with Crippen LogP contribution in [0.4, 0.5) is 0 Å². The highest BCUT2D eigenvalue weighted by Crippen LogP contribution is 2.52. The highest BCUT2D eigenvalue weighted by Gasteiger charge is 2.45. The molecule has 0 bridgehead atoms. The number of hydrogen-bond donors (Lipinski definition) is 0. The number of methoxy groups -OCH3 is 3. The summed E-state index contributed by atoms with van der Waals surface area (Å²) in [7, 11) is 4.87. The van der Waals surface area contributed by atoms with Crippen LogP contribution in [0.15, 0.2) is 36.4 Å². The molecule has 206 valence electrons. The Morgan fingerprint density at radius 3 is 1.62 bits per heavy atom. The van der Waals surface area contributed by atoms with Gasteiger partial charge in [-0.05, 0) is 26.0 Å². The Bertz CT molecular complexity index is 1100. The maximum atomic E-state index is 6.46. The summed E-state index contributed by atoms with van der Waals surface area (Å²) >= 11 is 0. The van der Waals surface area contributed by atoms with Gasteiger partial charge in [-0.3, -0.25) is 0 Å². The summed E-state index contributed by atoms with van der Waals surface area (Å²) in [5.74, 6) is 0.336. The summed E-state index contributed by atoms with van der Waals surface area (Å²) in [6.45, 7) is 17.7. The van der Waals surface area contributed by atoms with Gasteiger partial charge in [0.15, 0.2) is 0 Å². The van der Waals surface area contributed by atoms with Crippen LogP contribution < -0.4 is 18.9 Å². The normalized spacial score (nSPS) is 19.6. The number of rotatable bonds is 10. The fourth-order valence-corrected chi connectivity index (χ4v) is 4.69. The summed E-state index contributed by atoms with van der Waals surface area (Å²) in [6.07, 6.45) is 0.726. The van der Waals surface area contributed by atoms with Gasteiger partial charge in [0, 0.05) is 98.0 Å². The van der Waals surface area contributed by atoms with E-state index in [0.29, 0.717) is 17.2 Å². The molecule has 1 aliphatic heterocycles. The standard InChI is InChI=1S/C30H44O7/c1-26(2)19-30(9,22-15-13-20(17-24(22)36-26)34-27(3,4)31-10)23-16-14-21(35-28(5,6)32-11)18-25(23)37-29(7,8)33-12/h13-18H,19H2,1-12H3. The molecular weight excluding hydrogens is 472 g/mol. The third-order valence-electron chi connectivity index (χ3n) is 6.82. The lowest BCUT2D eigenvalue weighted by molar-refractivity contribution is -0.138. The third kappa shape index (κ3) is 6.70. The van der Waals surface area contributed by atoms with E-state index in [-0.39, 0.29) is 0 Å². The second-order valence-corrected chi connectivity index (χ2v) is 11.8. The minimum absolute atomic E-state index is 0.444. The molecule has 2 aromatic carbocycles. The van der Waals surface area contributed by atoms with Gasteiger partial charge < -0.3 is 33.2 Å². The van der Waals surface area contributed by atoms with Crippen molar-refractivity contribution in [2.75, 3.05) is 21.3 Å². The molecule has 2 aromatic rings. The van der Waals surface area contributed by atoms with Crippen molar-refractivity contribution in [3.05, 3.63) is 47.5 Å². The second kappa shape index (κ2) is 10.0. The smallest absolute Gasteiger partial charge is 0.204 e. The SMILES string of the molecule is COC(C)(C)Oc1ccc2c(c1)OC(C)(C)CC2(C)c1ccc(OC(C)(C)OC)cc1OC(C)(C)OC. The van der Waals surface area contributed by atoms with E-state index >= 15 is 0 Å². The first kappa shape index (κ1) is 29.1. The summed E-state index contributed by atoms with van der Waals surface area (Å²) in [6, 6.07) is 11.9. The Kier molecular flexibility index (Phi) is 7.86. The van der Waals surface area contributed by atoms with E-state index in [1.54, 1.807) is 21.3 Å². The van der Waals surface area contributed by atoms with Gasteiger partial charge in [-0.25, -0.2) is 0 Å². The van der Waals surface area contributed by atoms with Crippen LogP contribution >= 0.6 is 0 Å². The minimum Gasteiger partial charge on any atom is -0.487 e. The van der Waals surface area contributed by atoms with Gasteiger partial charge in [0.1, 0.15) is 28.6 Å². The molecule has 0 radical (unpaired) electrons. The Morgan fingerprint density at radius 1 is 0.649 bits per heavy atom. The molecule has 7 nitrogen and oxygen atoms in total. The largest absolute Gasteiger partial charge is 0.487 e. The maximum absolute atomic E-state index is 6.46. The van der Waals surface area contributed by atoms with Crippen LogP contribution in [-0.4, -0.2) is 44.3 Å². The molecule has 1 atom stereocenters.